The second-order valence-electron chi connectivity index (χ2n) is 3.96. The molecular weight excluding hydrogens is 246 g/mol. The molecule has 1 amide bonds. The van der Waals surface area contributed by atoms with Crippen LogP contribution in [0.25, 0.3) is 0 Å². The molecule has 1 aromatic rings. The molecule has 1 aliphatic rings. The highest BCUT2D eigenvalue weighted by Crippen LogP contribution is 2.37. The average Bonchev–Trinajstić information content (AvgIpc) is 2.82. The van der Waals surface area contributed by atoms with E-state index in [4.69, 9.17) is 15.6 Å². The first-order valence-corrected chi connectivity index (χ1v) is 5.16. The number of nitrogens with two attached hydrogens (primary N) is 1. The monoisotopic (exact) mass is 259 g/mol. The molecule has 0 radical (unpaired) electrons. The van der Waals surface area contributed by atoms with Crippen LogP contribution in [0.1, 0.15) is 22.3 Å². The minimum Gasteiger partial charge on any atom is -0.504 e. The van der Waals surface area contributed by atoms with Crippen LogP contribution in [0.5, 0.6) is 5.75 Å². The van der Waals surface area contributed by atoms with Crippen molar-refractivity contribution in [2.45, 2.75) is 24.4 Å². The summed E-state index contributed by atoms with van der Waals surface area (Å²) >= 11 is 0. The number of amides is 1. The predicted molar refractivity (Wildman–Crippen MR) is 55.5 cm³/mol. The SMILES string of the molecule is NC(=O)c1[nH]nc([C@@H]2O[C@H](CO)[C@H](O)[C@@H]2O)c1O. The van der Waals surface area contributed by atoms with Crippen molar-refractivity contribution in [1.82, 2.24) is 10.2 Å². The number of carbonyl (C=O) groups is 1. The molecule has 2 heterocycles. The lowest BCUT2D eigenvalue weighted by atomic mass is 10.1. The number of H-pyrrole nitrogens is 1. The molecule has 0 aromatic carbocycles. The summed E-state index contributed by atoms with van der Waals surface area (Å²) in [6, 6.07) is 0. The average molecular weight is 259 g/mol. The molecule has 9 heteroatoms. The highest BCUT2D eigenvalue weighted by atomic mass is 16.6. The van der Waals surface area contributed by atoms with Gasteiger partial charge in [-0.2, -0.15) is 5.10 Å². The maximum atomic E-state index is 10.9. The molecule has 0 bridgehead atoms. The Kier molecular flexibility index (Phi) is 3.22. The molecule has 0 aliphatic carbocycles. The van der Waals surface area contributed by atoms with Crippen LogP contribution in [0.4, 0.5) is 0 Å². The fraction of sp³-hybridized carbons (Fsp3) is 0.556. The number of hydrogen-bond acceptors (Lipinski definition) is 7. The predicted octanol–water partition coefficient (Wildman–Crippen LogP) is -2.63. The summed E-state index contributed by atoms with van der Waals surface area (Å²) in [6.07, 6.45) is -4.83. The highest BCUT2D eigenvalue weighted by molar-refractivity contribution is 5.93. The lowest BCUT2D eigenvalue weighted by Crippen LogP contribution is -2.32. The van der Waals surface area contributed by atoms with Crippen molar-refractivity contribution in [2.75, 3.05) is 6.61 Å². The lowest BCUT2D eigenvalue weighted by molar-refractivity contribution is -0.0245. The van der Waals surface area contributed by atoms with E-state index in [1.54, 1.807) is 0 Å². The molecular formula is C9H13N3O6. The number of primary amides is 1. The van der Waals surface area contributed by atoms with Gasteiger partial charge in [-0.15, -0.1) is 0 Å². The number of nitrogens with one attached hydrogen (secondary N) is 1. The van der Waals surface area contributed by atoms with E-state index in [-0.39, 0.29) is 11.4 Å². The summed E-state index contributed by atoms with van der Waals surface area (Å²) in [5.41, 5.74) is 4.52. The number of aromatic hydroxyl groups is 1. The summed E-state index contributed by atoms with van der Waals surface area (Å²) in [5.74, 6) is -1.46. The van der Waals surface area contributed by atoms with Gasteiger partial charge in [0, 0.05) is 0 Å². The summed E-state index contributed by atoms with van der Waals surface area (Å²) < 4.78 is 5.15. The van der Waals surface area contributed by atoms with Crippen molar-refractivity contribution >= 4 is 5.91 Å². The third kappa shape index (κ3) is 1.82. The van der Waals surface area contributed by atoms with E-state index in [9.17, 15) is 20.1 Å². The topological polar surface area (TPSA) is 162 Å². The Bertz CT molecular complexity index is 461. The zero-order valence-electron chi connectivity index (χ0n) is 9.15. The van der Waals surface area contributed by atoms with Crippen LogP contribution in [0, 0.1) is 0 Å². The van der Waals surface area contributed by atoms with Gasteiger partial charge in [0.25, 0.3) is 5.91 Å². The smallest absolute Gasteiger partial charge is 0.270 e. The molecule has 4 atom stereocenters. The number of carbonyl (C=O) groups excluding carboxylic acids is 1. The van der Waals surface area contributed by atoms with Crippen LogP contribution in [0.15, 0.2) is 0 Å². The summed E-state index contributed by atoms with van der Waals surface area (Å²) in [5, 5.41) is 43.7. The molecule has 1 fully saturated rings. The number of aliphatic hydroxyl groups is 3. The van der Waals surface area contributed by atoms with Crippen LogP contribution in [-0.2, 0) is 4.74 Å². The fourth-order valence-electron chi connectivity index (χ4n) is 1.85. The first-order chi connectivity index (χ1) is 8.47. The fourth-order valence-corrected chi connectivity index (χ4v) is 1.85. The normalized spacial score (nSPS) is 31.7. The van der Waals surface area contributed by atoms with Crippen molar-refractivity contribution < 1.29 is 30.0 Å². The van der Waals surface area contributed by atoms with Gasteiger partial charge in [0.05, 0.1) is 6.61 Å². The van der Waals surface area contributed by atoms with Crippen LogP contribution < -0.4 is 5.73 Å². The molecule has 1 aliphatic heterocycles. The van der Waals surface area contributed by atoms with E-state index in [1.165, 1.54) is 0 Å². The van der Waals surface area contributed by atoms with Crippen molar-refractivity contribution in [3.05, 3.63) is 11.4 Å². The second-order valence-corrected chi connectivity index (χ2v) is 3.96. The number of ether oxygens (including phenoxy) is 1. The molecule has 0 spiro atoms. The molecule has 1 aromatic heterocycles. The van der Waals surface area contributed by atoms with Crippen LogP contribution >= 0.6 is 0 Å². The third-order valence-corrected chi connectivity index (χ3v) is 2.83. The zero-order valence-corrected chi connectivity index (χ0v) is 9.15. The Morgan fingerprint density at radius 1 is 1.44 bits per heavy atom. The maximum absolute atomic E-state index is 10.9. The van der Waals surface area contributed by atoms with Gasteiger partial charge in [0.1, 0.15) is 30.1 Å². The molecule has 7 N–H and O–H groups in total. The van der Waals surface area contributed by atoms with Crippen LogP contribution in [0.2, 0.25) is 0 Å². The summed E-state index contributed by atoms with van der Waals surface area (Å²) in [6.45, 7) is -0.497. The lowest BCUT2D eigenvalue weighted by Gasteiger charge is -2.12. The molecule has 18 heavy (non-hydrogen) atoms. The summed E-state index contributed by atoms with van der Waals surface area (Å²) in [4.78, 5) is 10.9. The minimum atomic E-state index is -1.38. The molecule has 0 saturated carbocycles. The van der Waals surface area contributed by atoms with E-state index in [2.05, 4.69) is 10.2 Å². The van der Waals surface area contributed by atoms with Gasteiger partial charge < -0.3 is 30.9 Å². The van der Waals surface area contributed by atoms with Crippen LogP contribution in [-0.4, -0.2) is 61.4 Å². The summed E-state index contributed by atoms with van der Waals surface area (Å²) in [7, 11) is 0. The maximum Gasteiger partial charge on any atom is 0.270 e. The Balaban J connectivity index is 2.30. The van der Waals surface area contributed by atoms with Gasteiger partial charge in [-0.3, -0.25) is 9.89 Å². The van der Waals surface area contributed by atoms with Gasteiger partial charge in [-0.25, -0.2) is 0 Å². The van der Waals surface area contributed by atoms with Crippen LogP contribution in [0.3, 0.4) is 0 Å². The minimum absolute atomic E-state index is 0.147. The van der Waals surface area contributed by atoms with Gasteiger partial charge in [0.2, 0.25) is 0 Å². The van der Waals surface area contributed by atoms with E-state index in [0.717, 1.165) is 0 Å². The molecule has 2 rings (SSSR count). The Hall–Kier alpha value is -1.68. The van der Waals surface area contributed by atoms with Gasteiger partial charge in [-0.05, 0) is 0 Å². The van der Waals surface area contributed by atoms with E-state index >= 15 is 0 Å². The number of aliphatic hydroxyl groups excluding tert-OH is 3. The largest absolute Gasteiger partial charge is 0.504 e. The molecule has 1 saturated heterocycles. The van der Waals surface area contributed by atoms with Crippen molar-refractivity contribution in [1.29, 1.82) is 0 Å². The number of rotatable bonds is 3. The Morgan fingerprint density at radius 3 is 2.56 bits per heavy atom. The molecule has 9 nitrogen and oxygen atoms in total. The highest BCUT2D eigenvalue weighted by Gasteiger charge is 2.45. The molecule has 100 valence electrons. The Morgan fingerprint density at radius 2 is 2.11 bits per heavy atom. The quantitative estimate of drug-likeness (QED) is 0.346. The number of hydrogen-bond donors (Lipinski definition) is 6. The van der Waals surface area contributed by atoms with E-state index in [1.807, 2.05) is 0 Å². The first kappa shape index (κ1) is 12.8. The second kappa shape index (κ2) is 4.53. The third-order valence-electron chi connectivity index (χ3n) is 2.83. The van der Waals surface area contributed by atoms with Crippen molar-refractivity contribution in [3.63, 3.8) is 0 Å². The first-order valence-electron chi connectivity index (χ1n) is 5.16. The number of aromatic nitrogens is 2. The van der Waals surface area contributed by atoms with E-state index < -0.39 is 42.7 Å². The Labute approximate surface area is 101 Å². The van der Waals surface area contributed by atoms with Gasteiger partial charge >= 0.3 is 0 Å². The van der Waals surface area contributed by atoms with E-state index in [0.29, 0.717) is 0 Å². The van der Waals surface area contributed by atoms with Crippen molar-refractivity contribution in [2.24, 2.45) is 5.73 Å². The number of aromatic amines is 1. The molecule has 0 unspecified atom stereocenters. The van der Waals surface area contributed by atoms with Gasteiger partial charge in [0.15, 0.2) is 11.4 Å². The van der Waals surface area contributed by atoms with Crippen molar-refractivity contribution in [3.8, 4) is 5.75 Å². The zero-order chi connectivity index (χ0) is 13.4. The standard InChI is InChI=1S/C9H13N3O6/c10-9(17)4-6(15)3(11-12-4)8-7(16)5(14)2(1-13)18-8/h2,5,7-8,13-16H,1H2,(H2,10,17)(H,11,12)/t2-,5+,7+,8+/m1/s1. The van der Waals surface area contributed by atoms with Gasteiger partial charge in [-0.1, -0.05) is 0 Å². The number of nitrogens with zero attached hydrogens (tertiary/aromatic N) is 1.